The molecule has 1 N–H and O–H groups in total. The number of carbonyl (C=O) groups is 1. The third-order valence-corrected chi connectivity index (χ3v) is 7.45. The Morgan fingerprint density at radius 1 is 1.20 bits per heavy atom. The molecule has 4 aromatic rings. The molecule has 8 heteroatoms. The highest BCUT2D eigenvalue weighted by molar-refractivity contribution is 7.17. The zero-order chi connectivity index (χ0) is 24.4. The van der Waals surface area contributed by atoms with Crippen molar-refractivity contribution in [2.45, 2.75) is 26.3 Å². The lowest BCUT2D eigenvalue weighted by Crippen LogP contribution is -2.45. The number of hydrogen-bond donors (Lipinski definition) is 1. The minimum absolute atomic E-state index is 0.0323. The van der Waals surface area contributed by atoms with E-state index in [-0.39, 0.29) is 17.4 Å². The van der Waals surface area contributed by atoms with Crippen LogP contribution in [0.15, 0.2) is 64.8 Å². The van der Waals surface area contributed by atoms with Crippen molar-refractivity contribution in [3.8, 4) is 11.4 Å². The van der Waals surface area contributed by atoms with Gasteiger partial charge < -0.3 is 15.0 Å². The Labute approximate surface area is 208 Å². The molecule has 0 aliphatic carbocycles. The highest BCUT2D eigenvalue weighted by atomic mass is 32.1. The van der Waals surface area contributed by atoms with E-state index >= 15 is 0 Å². The Morgan fingerprint density at radius 3 is 2.89 bits per heavy atom. The monoisotopic (exact) mass is 488 g/mol. The molecule has 0 saturated carbocycles. The fraction of sp³-hybridized carbons (Fsp3) is 0.296. The second-order valence-electron chi connectivity index (χ2n) is 8.82. The Kier molecular flexibility index (Phi) is 6.55. The van der Waals surface area contributed by atoms with E-state index < -0.39 is 0 Å². The predicted octanol–water partition coefficient (Wildman–Crippen LogP) is 4.30. The topological polar surface area (TPSA) is 76.5 Å². The average molecular weight is 489 g/mol. The highest BCUT2D eigenvalue weighted by Gasteiger charge is 2.29. The molecule has 1 fully saturated rings. The molecule has 1 amide bonds. The number of fused-ring (bicyclic) bond motifs is 1. The smallest absolute Gasteiger partial charge is 0.277 e. The Morgan fingerprint density at radius 2 is 2.06 bits per heavy atom. The SMILES string of the molecule is COc1cccc(-n2c(N3CCCC(C(=O)NCc4ccccc4C)C3)nc3ccsc3c2=O)c1. The van der Waals surface area contributed by atoms with Crippen LogP contribution in [-0.4, -0.2) is 35.7 Å². The minimum atomic E-state index is -0.179. The van der Waals surface area contributed by atoms with Gasteiger partial charge in [0.25, 0.3) is 5.56 Å². The van der Waals surface area contributed by atoms with E-state index in [9.17, 15) is 9.59 Å². The summed E-state index contributed by atoms with van der Waals surface area (Å²) in [5.74, 6) is 1.08. The number of anilines is 1. The summed E-state index contributed by atoms with van der Waals surface area (Å²) in [6, 6.07) is 17.4. The first-order chi connectivity index (χ1) is 17.0. The van der Waals surface area contributed by atoms with Gasteiger partial charge in [-0.25, -0.2) is 9.55 Å². The first-order valence-electron chi connectivity index (χ1n) is 11.8. The summed E-state index contributed by atoms with van der Waals surface area (Å²) in [6.07, 6.45) is 1.65. The van der Waals surface area contributed by atoms with Crippen molar-refractivity contribution in [2.24, 2.45) is 5.92 Å². The van der Waals surface area contributed by atoms with Crippen LogP contribution >= 0.6 is 11.3 Å². The van der Waals surface area contributed by atoms with Crippen LogP contribution in [0.25, 0.3) is 15.9 Å². The molecule has 1 unspecified atom stereocenters. The van der Waals surface area contributed by atoms with Gasteiger partial charge in [0.05, 0.1) is 24.2 Å². The highest BCUT2D eigenvalue weighted by Crippen LogP contribution is 2.27. The van der Waals surface area contributed by atoms with Crippen LogP contribution in [0, 0.1) is 12.8 Å². The van der Waals surface area contributed by atoms with Crippen molar-refractivity contribution >= 4 is 33.4 Å². The van der Waals surface area contributed by atoms with E-state index in [4.69, 9.17) is 9.72 Å². The van der Waals surface area contributed by atoms with Gasteiger partial charge >= 0.3 is 0 Å². The standard InChI is InChI=1S/C27H28N4O3S/c1-18-7-3-4-8-19(18)16-28-25(32)20-9-6-13-30(17-20)27-29-23-12-14-35-24(23)26(33)31(27)21-10-5-11-22(15-21)34-2/h3-5,7-8,10-12,14-15,20H,6,9,13,16-17H2,1-2H3,(H,28,32). The molecule has 3 heterocycles. The molecular weight excluding hydrogens is 460 g/mol. The number of ether oxygens (including phenoxy) is 1. The van der Waals surface area contributed by atoms with Crippen molar-refractivity contribution in [3.05, 3.63) is 81.5 Å². The van der Waals surface area contributed by atoms with Crippen molar-refractivity contribution in [3.63, 3.8) is 0 Å². The van der Waals surface area contributed by atoms with Crippen LogP contribution in [-0.2, 0) is 11.3 Å². The zero-order valence-corrected chi connectivity index (χ0v) is 20.7. The average Bonchev–Trinajstić information content (AvgIpc) is 3.37. The lowest BCUT2D eigenvalue weighted by Gasteiger charge is -2.34. The van der Waals surface area contributed by atoms with E-state index in [2.05, 4.69) is 10.2 Å². The number of carbonyl (C=O) groups excluding carboxylic acids is 1. The molecule has 1 atom stereocenters. The maximum Gasteiger partial charge on any atom is 0.277 e. The van der Waals surface area contributed by atoms with E-state index in [1.54, 1.807) is 11.7 Å². The maximum atomic E-state index is 13.5. The third-order valence-electron chi connectivity index (χ3n) is 6.56. The van der Waals surface area contributed by atoms with E-state index in [1.807, 2.05) is 66.9 Å². The molecule has 35 heavy (non-hydrogen) atoms. The number of methoxy groups -OCH3 is 1. The first-order valence-corrected chi connectivity index (χ1v) is 12.6. The van der Waals surface area contributed by atoms with Crippen LogP contribution in [0.5, 0.6) is 5.75 Å². The van der Waals surface area contributed by atoms with Crippen LogP contribution < -0.4 is 20.5 Å². The van der Waals surface area contributed by atoms with Gasteiger partial charge in [0.2, 0.25) is 11.9 Å². The molecule has 180 valence electrons. The van der Waals surface area contributed by atoms with Gasteiger partial charge in [0.15, 0.2) is 0 Å². The summed E-state index contributed by atoms with van der Waals surface area (Å²) in [5.41, 5.74) is 3.54. The van der Waals surface area contributed by atoms with Gasteiger partial charge in [-0.2, -0.15) is 0 Å². The van der Waals surface area contributed by atoms with Crippen LogP contribution in [0.4, 0.5) is 5.95 Å². The Balaban J connectivity index is 1.45. The van der Waals surface area contributed by atoms with Gasteiger partial charge in [0.1, 0.15) is 10.4 Å². The number of amides is 1. The Bertz CT molecular complexity index is 1430. The largest absolute Gasteiger partial charge is 0.497 e. The fourth-order valence-corrected chi connectivity index (χ4v) is 5.36. The summed E-state index contributed by atoms with van der Waals surface area (Å²) >= 11 is 1.39. The number of aryl methyl sites for hydroxylation is 1. The first kappa shape index (κ1) is 23.1. The van der Waals surface area contributed by atoms with E-state index in [0.29, 0.717) is 40.7 Å². The molecule has 0 spiro atoms. The van der Waals surface area contributed by atoms with Gasteiger partial charge in [0, 0.05) is 25.7 Å². The van der Waals surface area contributed by atoms with Gasteiger partial charge in [-0.3, -0.25) is 9.59 Å². The molecule has 7 nitrogen and oxygen atoms in total. The second-order valence-corrected chi connectivity index (χ2v) is 9.73. The molecule has 5 rings (SSSR count). The fourth-order valence-electron chi connectivity index (χ4n) is 4.60. The van der Waals surface area contributed by atoms with Gasteiger partial charge in [-0.1, -0.05) is 30.3 Å². The van der Waals surface area contributed by atoms with Crippen molar-refractivity contribution < 1.29 is 9.53 Å². The quantitative estimate of drug-likeness (QED) is 0.438. The van der Waals surface area contributed by atoms with Crippen LogP contribution in [0.2, 0.25) is 0 Å². The van der Waals surface area contributed by atoms with Crippen LogP contribution in [0.1, 0.15) is 24.0 Å². The summed E-state index contributed by atoms with van der Waals surface area (Å²) in [5, 5.41) is 5.00. The van der Waals surface area contributed by atoms with Gasteiger partial charge in [-0.15, -0.1) is 11.3 Å². The van der Waals surface area contributed by atoms with Gasteiger partial charge in [-0.05, 0) is 54.5 Å². The summed E-state index contributed by atoms with van der Waals surface area (Å²) < 4.78 is 7.65. The summed E-state index contributed by atoms with van der Waals surface area (Å²) in [7, 11) is 1.61. The molecular formula is C27H28N4O3S. The normalized spacial score (nSPS) is 15.8. The number of piperidine rings is 1. The molecule has 0 radical (unpaired) electrons. The number of hydrogen-bond acceptors (Lipinski definition) is 6. The van der Waals surface area contributed by atoms with E-state index in [1.165, 1.54) is 11.3 Å². The van der Waals surface area contributed by atoms with Crippen molar-refractivity contribution in [2.75, 3.05) is 25.1 Å². The molecule has 0 bridgehead atoms. The summed E-state index contributed by atoms with van der Waals surface area (Å²) in [4.78, 5) is 33.6. The Hall–Kier alpha value is -3.65. The number of thiophene rings is 1. The molecule has 2 aromatic heterocycles. The lowest BCUT2D eigenvalue weighted by atomic mass is 9.97. The number of nitrogens with zero attached hydrogens (tertiary/aromatic N) is 3. The zero-order valence-electron chi connectivity index (χ0n) is 19.9. The predicted molar refractivity (Wildman–Crippen MR) is 140 cm³/mol. The minimum Gasteiger partial charge on any atom is -0.497 e. The second kappa shape index (κ2) is 9.92. The van der Waals surface area contributed by atoms with Crippen molar-refractivity contribution in [1.82, 2.24) is 14.9 Å². The number of nitrogens with one attached hydrogen (secondary N) is 1. The third kappa shape index (κ3) is 4.66. The molecule has 1 aliphatic heterocycles. The maximum absolute atomic E-state index is 13.5. The lowest BCUT2D eigenvalue weighted by molar-refractivity contribution is -0.125. The summed E-state index contributed by atoms with van der Waals surface area (Å²) in [6.45, 7) is 3.79. The number of benzene rings is 2. The van der Waals surface area contributed by atoms with E-state index in [0.717, 1.165) is 30.5 Å². The number of rotatable bonds is 6. The van der Waals surface area contributed by atoms with Crippen molar-refractivity contribution in [1.29, 1.82) is 0 Å². The van der Waals surface area contributed by atoms with Crippen LogP contribution in [0.3, 0.4) is 0 Å². The molecule has 1 saturated heterocycles. The molecule has 1 aliphatic rings. The molecule has 2 aromatic carbocycles. The number of aromatic nitrogens is 2.